The highest BCUT2D eigenvalue weighted by Crippen LogP contribution is 2.42. The summed E-state index contributed by atoms with van der Waals surface area (Å²) >= 11 is 0. The van der Waals surface area contributed by atoms with Crippen molar-refractivity contribution in [3.05, 3.63) is 41.0 Å². The predicted octanol–water partition coefficient (Wildman–Crippen LogP) is 3.38. The molecule has 0 aromatic heterocycles. The Morgan fingerprint density at radius 2 is 1.67 bits per heavy atom. The van der Waals surface area contributed by atoms with E-state index >= 15 is 0 Å². The molecule has 2 amide bonds. The van der Waals surface area contributed by atoms with Gasteiger partial charge in [0.25, 0.3) is 0 Å². The molecule has 4 fully saturated rings. The van der Waals surface area contributed by atoms with Crippen LogP contribution in [-0.2, 0) is 9.59 Å². The first-order chi connectivity index (χ1) is 17.4. The first-order valence-corrected chi connectivity index (χ1v) is 13.6. The number of fused-ring (bicyclic) bond motifs is 2. The van der Waals surface area contributed by atoms with Gasteiger partial charge in [-0.05, 0) is 80.6 Å². The topological polar surface area (TPSA) is 86.8 Å². The summed E-state index contributed by atoms with van der Waals surface area (Å²) in [6, 6.07) is 6.26. The molecule has 1 aromatic carbocycles. The second-order valence-electron chi connectivity index (χ2n) is 11.7. The van der Waals surface area contributed by atoms with Crippen LogP contribution in [0.3, 0.4) is 0 Å². The average molecular weight is 490 g/mol. The number of hydrogen-bond donors (Lipinski definition) is 1. The predicted molar refractivity (Wildman–Crippen MR) is 136 cm³/mol. The molecule has 5 aliphatic rings. The molecule has 190 valence electrons. The minimum Gasteiger partial charge on any atom is -0.371 e. The fourth-order valence-electron chi connectivity index (χ4n) is 7.38. The summed E-state index contributed by atoms with van der Waals surface area (Å²) in [5.74, 6) is 1.23. The number of allylic oxidation sites excluding steroid dienone is 2. The van der Waals surface area contributed by atoms with Crippen LogP contribution in [0.5, 0.6) is 0 Å². The van der Waals surface area contributed by atoms with Gasteiger partial charge >= 0.3 is 0 Å². The third-order valence-electron chi connectivity index (χ3n) is 9.29. The summed E-state index contributed by atoms with van der Waals surface area (Å²) in [5.41, 5.74) is 2.23. The summed E-state index contributed by atoms with van der Waals surface area (Å²) in [4.78, 5) is 54.8. The number of ketones is 2. The minimum atomic E-state index is -0.452. The lowest BCUT2D eigenvalue weighted by Gasteiger charge is -2.38. The van der Waals surface area contributed by atoms with Crippen LogP contribution in [-0.4, -0.2) is 60.5 Å². The number of imide groups is 1. The van der Waals surface area contributed by atoms with Gasteiger partial charge in [-0.25, -0.2) is 0 Å². The number of anilines is 1. The molecule has 0 radical (unpaired) electrons. The molecule has 1 aromatic rings. The van der Waals surface area contributed by atoms with Gasteiger partial charge in [-0.3, -0.25) is 29.4 Å². The van der Waals surface area contributed by atoms with Crippen LogP contribution in [0.25, 0.3) is 0 Å². The standard InChI is InChI=1S/C29H35N3O4/c1-17-10-20-15-32(16-21(20)11-17)22-6-8-31(9-7-22)23-3-4-24-25(14-23)26(33)13-19(28(24)35)12-18-2-5-27(34)30-29(18)36/h3-4,13-14,17-18,20-22H,2,5-12,15-16H2,1H3,(H,30,34,36)/t17?,18?,20-,21?/m0/s1. The maximum Gasteiger partial charge on any atom is 0.230 e. The van der Waals surface area contributed by atoms with Crippen LogP contribution in [0.15, 0.2) is 29.8 Å². The number of piperidine rings is 2. The van der Waals surface area contributed by atoms with Crippen molar-refractivity contribution < 1.29 is 19.2 Å². The van der Waals surface area contributed by atoms with Crippen LogP contribution >= 0.6 is 0 Å². The normalized spacial score (nSPS) is 31.4. The van der Waals surface area contributed by atoms with Gasteiger partial charge in [0.2, 0.25) is 11.8 Å². The smallest absolute Gasteiger partial charge is 0.230 e. The summed E-state index contributed by atoms with van der Waals surface area (Å²) in [6.07, 6.45) is 7.32. The van der Waals surface area contributed by atoms with E-state index < -0.39 is 5.92 Å². The van der Waals surface area contributed by atoms with E-state index in [1.807, 2.05) is 12.1 Å². The number of nitrogens with one attached hydrogen (secondary N) is 1. The fraction of sp³-hybridized carbons (Fsp3) is 0.586. The van der Waals surface area contributed by atoms with Gasteiger partial charge < -0.3 is 4.90 Å². The van der Waals surface area contributed by atoms with Gasteiger partial charge in [-0.15, -0.1) is 0 Å². The van der Waals surface area contributed by atoms with E-state index in [1.54, 1.807) is 6.07 Å². The van der Waals surface area contributed by atoms with Gasteiger partial charge in [-0.1, -0.05) is 6.92 Å². The van der Waals surface area contributed by atoms with E-state index in [4.69, 9.17) is 0 Å². The Morgan fingerprint density at radius 3 is 2.36 bits per heavy atom. The highest BCUT2D eigenvalue weighted by atomic mass is 16.2. The van der Waals surface area contributed by atoms with Gasteiger partial charge in [-0.2, -0.15) is 0 Å². The van der Waals surface area contributed by atoms with Crippen LogP contribution < -0.4 is 10.2 Å². The van der Waals surface area contributed by atoms with Crippen molar-refractivity contribution in [3.63, 3.8) is 0 Å². The fourth-order valence-corrected chi connectivity index (χ4v) is 7.38. The summed E-state index contributed by atoms with van der Waals surface area (Å²) in [6.45, 7) is 6.85. The molecule has 7 nitrogen and oxygen atoms in total. The number of nitrogens with zero attached hydrogens (tertiary/aromatic N) is 2. The Kier molecular flexibility index (Phi) is 6.06. The second kappa shape index (κ2) is 9.25. The lowest BCUT2D eigenvalue weighted by atomic mass is 9.82. The van der Waals surface area contributed by atoms with E-state index in [2.05, 4.69) is 22.0 Å². The molecule has 3 heterocycles. The lowest BCUT2D eigenvalue weighted by Crippen LogP contribution is -2.44. The number of Topliss-reactive ketones (excluding diaryl/α,β-unsaturated/α-hetero) is 1. The molecule has 2 aliphatic carbocycles. The maximum atomic E-state index is 13.1. The zero-order chi connectivity index (χ0) is 25.0. The number of benzene rings is 1. The Morgan fingerprint density at radius 1 is 0.944 bits per heavy atom. The number of carbonyl (C=O) groups excluding carboxylic acids is 4. The SMILES string of the molecule is CC1CC2CN(C3CCN(c4ccc5c(c4)C(=O)C=C(CC4CCC(=O)NC4=O)C5=O)CC3)C[C@@H]2C1. The molecule has 6 rings (SSSR count). The summed E-state index contributed by atoms with van der Waals surface area (Å²) in [5, 5.41) is 2.33. The van der Waals surface area contributed by atoms with E-state index in [9.17, 15) is 19.2 Å². The first-order valence-electron chi connectivity index (χ1n) is 13.6. The molecular formula is C29H35N3O4. The molecule has 0 bridgehead atoms. The molecule has 0 spiro atoms. The highest BCUT2D eigenvalue weighted by molar-refractivity contribution is 6.25. The van der Waals surface area contributed by atoms with Crippen molar-refractivity contribution in [2.24, 2.45) is 23.7 Å². The van der Waals surface area contributed by atoms with Gasteiger partial charge in [0, 0.05) is 66.9 Å². The third-order valence-corrected chi connectivity index (χ3v) is 9.29. The first kappa shape index (κ1) is 23.6. The number of carbonyl (C=O) groups is 4. The van der Waals surface area contributed by atoms with Crippen molar-refractivity contribution in [1.82, 2.24) is 10.2 Å². The molecule has 3 unspecified atom stereocenters. The van der Waals surface area contributed by atoms with Crippen molar-refractivity contribution in [2.75, 3.05) is 31.1 Å². The molecule has 36 heavy (non-hydrogen) atoms. The van der Waals surface area contributed by atoms with Gasteiger partial charge in [0.1, 0.15) is 0 Å². The number of amides is 2. The summed E-state index contributed by atoms with van der Waals surface area (Å²) < 4.78 is 0. The largest absolute Gasteiger partial charge is 0.371 e. The number of likely N-dealkylation sites (tertiary alicyclic amines) is 1. The van der Waals surface area contributed by atoms with Crippen LogP contribution in [0.1, 0.15) is 72.6 Å². The molecule has 3 saturated heterocycles. The van der Waals surface area contributed by atoms with Gasteiger partial charge in [0.05, 0.1) is 0 Å². The highest BCUT2D eigenvalue weighted by Gasteiger charge is 2.42. The number of hydrogen-bond acceptors (Lipinski definition) is 6. The second-order valence-corrected chi connectivity index (χ2v) is 11.7. The van der Waals surface area contributed by atoms with Crippen molar-refractivity contribution in [3.8, 4) is 0 Å². The van der Waals surface area contributed by atoms with E-state index in [-0.39, 0.29) is 36.2 Å². The summed E-state index contributed by atoms with van der Waals surface area (Å²) in [7, 11) is 0. The van der Waals surface area contributed by atoms with E-state index in [0.717, 1.165) is 49.4 Å². The molecular weight excluding hydrogens is 454 g/mol. The Labute approximate surface area is 212 Å². The molecule has 1 N–H and O–H groups in total. The lowest BCUT2D eigenvalue weighted by molar-refractivity contribution is -0.136. The van der Waals surface area contributed by atoms with Crippen LogP contribution in [0, 0.1) is 23.7 Å². The monoisotopic (exact) mass is 489 g/mol. The third kappa shape index (κ3) is 4.32. The van der Waals surface area contributed by atoms with Crippen molar-refractivity contribution in [1.29, 1.82) is 0 Å². The minimum absolute atomic E-state index is 0.179. The Bertz CT molecular complexity index is 1140. The molecule has 4 atom stereocenters. The number of rotatable bonds is 4. The average Bonchev–Trinajstić information content (AvgIpc) is 3.41. The van der Waals surface area contributed by atoms with E-state index in [1.165, 1.54) is 32.0 Å². The zero-order valence-electron chi connectivity index (χ0n) is 21.0. The van der Waals surface area contributed by atoms with Crippen molar-refractivity contribution in [2.45, 2.75) is 57.9 Å². The quantitative estimate of drug-likeness (QED) is 0.653. The molecule has 7 heteroatoms. The Balaban J connectivity index is 1.09. The molecule has 3 aliphatic heterocycles. The maximum absolute atomic E-state index is 13.1. The van der Waals surface area contributed by atoms with Crippen molar-refractivity contribution >= 4 is 29.1 Å². The van der Waals surface area contributed by atoms with Crippen LogP contribution in [0.2, 0.25) is 0 Å². The molecule has 1 saturated carbocycles. The van der Waals surface area contributed by atoms with Crippen LogP contribution in [0.4, 0.5) is 5.69 Å². The Hall–Kier alpha value is -2.80. The van der Waals surface area contributed by atoms with E-state index in [0.29, 0.717) is 29.2 Å². The van der Waals surface area contributed by atoms with Gasteiger partial charge in [0.15, 0.2) is 11.6 Å². The zero-order valence-corrected chi connectivity index (χ0v) is 21.0.